The molecule has 5 heteroatoms. The van der Waals surface area contributed by atoms with Crippen LogP contribution in [-0.2, 0) is 7.05 Å². The topological polar surface area (TPSA) is 42.7 Å². The van der Waals surface area contributed by atoms with Gasteiger partial charge in [0.15, 0.2) is 0 Å². The van der Waals surface area contributed by atoms with Crippen molar-refractivity contribution < 1.29 is 0 Å². The van der Waals surface area contributed by atoms with Crippen molar-refractivity contribution in [1.82, 2.24) is 20.3 Å². The Morgan fingerprint density at radius 1 is 1.41 bits per heavy atom. The Labute approximate surface area is 109 Å². The lowest BCUT2D eigenvalue weighted by molar-refractivity contribution is 0.597. The van der Waals surface area contributed by atoms with Crippen molar-refractivity contribution in [2.75, 3.05) is 7.05 Å². The van der Waals surface area contributed by atoms with E-state index >= 15 is 0 Å². The Morgan fingerprint density at radius 3 is 2.71 bits per heavy atom. The van der Waals surface area contributed by atoms with Gasteiger partial charge in [-0.15, -0.1) is 5.10 Å². The summed E-state index contributed by atoms with van der Waals surface area (Å²) in [4.78, 5) is 0. The van der Waals surface area contributed by atoms with Gasteiger partial charge in [0.25, 0.3) is 0 Å². The summed E-state index contributed by atoms with van der Waals surface area (Å²) in [5, 5.41) is 11.2. The molecule has 0 spiro atoms. The number of nitrogens with one attached hydrogen (secondary N) is 1. The molecule has 0 amide bonds. The van der Waals surface area contributed by atoms with Gasteiger partial charge in [-0.25, -0.2) is 0 Å². The van der Waals surface area contributed by atoms with Gasteiger partial charge in [0.1, 0.15) is 0 Å². The van der Waals surface area contributed by atoms with Crippen LogP contribution in [-0.4, -0.2) is 22.0 Å². The summed E-state index contributed by atoms with van der Waals surface area (Å²) in [5.74, 6) is 0. The monoisotopic (exact) mass is 294 g/mol. The molecule has 4 nitrogen and oxygen atoms in total. The summed E-state index contributed by atoms with van der Waals surface area (Å²) in [6, 6.07) is 6.46. The highest BCUT2D eigenvalue weighted by Gasteiger charge is 2.16. The van der Waals surface area contributed by atoms with Crippen LogP contribution in [0.4, 0.5) is 0 Å². The zero-order valence-electron chi connectivity index (χ0n) is 10.1. The van der Waals surface area contributed by atoms with Crippen LogP contribution in [0.2, 0.25) is 0 Å². The molecular weight excluding hydrogens is 280 g/mol. The van der Waals surface area contributed by atoms with E-state index in [-0.39, 0.29) is 6.04 Å². The molecule has 1 atom stereocenters. The second-order valence-corrected chi connectivity index (χ2v) is 4.87. The molecule has 0 radical (unpaired) electrons. The van der Waals surface area contributed by atoms with E-state index in [2.05, 4.69) is 56.7 Å². The molecule has 1 unspecified atom stereocenters. The summed E-state index contributed by atoms with van der Waals surface area (Å²) in [6.07, 6.45) is 1.79. The average Bonchev–Trinajstić information content (AvgIpc) is 2.71. The largest absolute Gasteiger partial charge is 0.308 e. The van der Waals surface area contributed by atoms with Crippen molar-refractivity contribution in [3.05, 3.63) is 45.7 Å². The molecule has 0 aliphatic rings. The zero-order valence-corrected chi connectivity index (χ0v) is 11.7. The van der Waals surface area contributed by atoms with Crippen molar-refractivity contribution in [2.45, 2.75) is 13.0 Å². The summed E-state index contributed by atoms with van der Waals surface area (Å²) in [7, 11) is 3.83. The van der Waals surface area contributed by atoms with Gasteiger partial charge in [0.05, 0.1) is 17.9 Å². The van der Waals surface area contributed by atoms with Crippen LogP contribution in [0.5, 0.6) is 0 Å². The normalized spacial score (nSPS) is 12.7. The number of rotatable bonds is 3. The quantitative estimate of drug-likeness (QED) is 0.944. The first kappa shape index (κ1) is 12.3. The minimum absolute atomic E-state index is 0.104. The van der Waals surface area contributed by atoms with Crippen molar-refractivity contribution >= 4 is 15.9 Å². The Balaban J connectivity index is 2.42. The van der Waals surface area contributed by atoms with Gasteiger partial charge in [0.2, 0.25) is 0 Å². The molecule has 1 aromatic heterocycles. The molecule has 0 aliphatic heterocycles. The van der Waals surface area contributed by atoms with Crippen molar-refractivity contribution in [2.24, 2.45) is 7.05 Å². The van der Waals surface area contributed by atoms with Crippen molar-refractivity contribution in [3.63, 3.8) is 0 Å². The fraction of sp³-hybridized carbons (Fsp3) is 0.333. The van der Waals surface area contributed by atoms with Crippen LogP contribution in [0.1, 0.15) is 22.9 Å². The first-order valence-corrected chi connectivity index (χ1v) is 6.20. The van der Waals surface area contributed by atoms with Gasteiger partial charge in [-0.2, -0.15) is 0 Å². The maximum atomic E-state index is 3.97. The van der Waals surface area contributed by atoms with Gasteiger partial charge >= 0.3 is 0 Å². The molecule has 1 heterocycles. The third kappa shape index (κ3) is 2.40. The lowest BCUT2D eigenvalue weighted by atomic mass is 10.0. The standard InChI is InChI=1S/C12H15BrN4/c1-8-4-5-9(6-10(8)13)12(14-2)11-7-15-16-17(11)3/h4-7,12,14H,1-3H3. The summed E-state index contributed by atoms with van der Waals surface area (Å²) in [6.45, 7) is 2.08. The minimum Gasteiger partial charge on any atom is -0.308 e. The fourth-order valence-electron chi connectivity index (χ4n) is 1.83. The molecule has 2 aromatic rings. The van der Waals surface area contributed by atoms with E-state index in [9.17, 15) is 0 Å². The molecule has 0 saturated heterocycles. The molecule has 1 aromatic carbocycles. The lowest BCUT2D eigenvalue weighted by Gasteiger charge is -2.17. The molecule has 90 valence electrons. The smallest absolute Gasteiger partial charge is 0.0798 e. The molecule has 0 bridgehead atoms. The zero-order chi connectivity index (χ0) is 12.4. The molecular formula is C12H15BrN4. The molecule has 2 rings (SSSR count). The Morgan fingerprint density at radius 2 is 2.18 bits per heavy atom. The first-order chi connectivity index (χ1) is 8.13. The minimum atomic E-state index is 0.104. The Kier molecular flexibility index (Phi) is 3.59. The second-order valence-electron chi connectivity index (χ2n) is 4.01. The van der Waals surface area contributed by atoms with Crippen molar-refractivity contribution in [1.29, 1.82) is 0 Å². The molecule has 17 heavy (non-hydrogen) atoms. The third-order valence-corrected chi connectivity index (χ3v) is 3.72. The number of aromatic nitrogens is 3. The number of benzene rings is 1. The fourth-order valence-corrected chi connectivity index (χ4v) is 2.23. The maximum absolute atomic E-state index is 3.97. The highest BCUT2D eigenvalue weighted by molar-refractivity contribution is 9.10. The van der Waals surface area contributed by atoms with E-state index in [1.807, 2.05) is 14.1 Å². The predicted molar refractivity (Wildman–Crippen MR) is 70.8 cm³/mol. The Bertz CT molecular complexity index is 521. The van der Waals surface area contributed by atoms with E-state index < -0.39 is 0 Å². The van der Waals surface area contributed by atoms with Gasteiger partial charge in [-0.1, -0.05) is 33.3 Å². The molecule has 0 aliphatic carbocycles. The number of hydrogen-bond acceptors (Lipinski definition) is 3. The molecule has 0 saturated carbocycles. The highest BCUT2D eigenvalue weighted by atomic mass is 79.9. The number of halogens is 1. The number of hydrogen-bond donors (Lipinski definition) is 1. The van der Waals surface area contributed by atoms with Gasteiger partial charge in [0, 0.05) is 11.5 Å². The lowest BCUT2D eigenvalue weighted by Crippen LogP contribution is -2.20. The van der Waals surface area contributed by atoms with E-state index in [0.717, 1.165) is 10.2 Å². The van der Waals surface area contributed by atoms with E-state index in [0.29, 0.717) is 0 Å². The number of aryl methyl sites for hydroxylation is 2. The maximum Gasteiger partial charge on any atom is 0.0798 e. The predicted octanol–water partition coefficient (Wildman–Crippen LogP) is 2.19. The van der Waals surface area contributed by atoms with E-state index in [1.165, 1.54) is 11.1 Å². The third-order valence-electron chi connectivity index (χ3n) is 2.86. The van der Waals surface area contributed by atoms with Crippen LogP contribution in [0.3, 0.4) is 0 Å². The average molecular weight is 295 g/mol. The second kappa shape index (κ2) is 4.98. The van der Waals surface area contributed by atoms with Gasteiger partial charge in [-0.3, -0.25) is 4.68 Å². The van der Waals surface area contributed by atoms with Crippen LogP contribution in [0.15, 0.2) is 28.9 Å². The summed E-state index contributed by atoms with van der Waals surface area (Å²) in [5.41, 5.74) is 3.46. The molecule has 0 fully saturated rings. The van der Waals surface area contributed by atoms with E-state index in [1.54, 1.807) is 10.9 Å². The number of nitrogens with zero attached hydrogens (tertiary/aromatic N) is 3. The summed E-state index contributed by atoms with van der Waals surface area (Å²) >= 11 is 3.56. The van der Waals surface area contributed by atoms with Gasteiger partial charge < -0.3 is 5.32 Å². The Hall–Kier alpha value is -1.20. The SMILES string of the molecule is CNC(c1ccc(C)c(Br)c1)c1cnnn1C. The van der Waals surface area contributed by atoms with Crippen LogP contribution in [0.25, 0.3) is 0 Å². The van der Waals surface area contributed by atoms with Crippen molar-refractivity contribution in [3.8, 4) is 0 Å². The van der Waals surface area contributed by atoms with Crippen LogP contribution in [0, 0.1) is 6.92 Å². The molecule has 1 N–H and O–H groups in total. The highest BCUT2D eigenvalue weighted by Crippen LogP contribution is 2.25. The van der Waals surface area contributed by atoms with Gasteiger partial charge in [-0.05, 0) is 31.2 Å². The van der Waals surface area contributed by atoms with Crippen LogP contribution < -0.4 is 5.32 Å². The summed E-state index contributed by atoms with van der Waals surface area (Å²) < 4.78 is 2.90. The van der Waals surface area contributed by atoms with E-state index in [4.69, 9.17) is 0 Å². The first-order valence-electron chi connectivity index (χ1n) is 5.41. The van der Waals surface area contributed by atoms with Crippen LogP contribution >= 0.6 is 15.9 Å².